The first-order chi connectivity index (χ1) is 9.15. The Bertz CT molecular complexity index is 493. The summed E-state index contributed by atoms with van der Waals surface area (Å²) in [6.45, 7) is 0. The van der Waals surface area contributed by atoms with Gasteiger partial charge in [0.15, 0.2) is 0 Å². The maximum Gasteiger partial charge on any atom is 0.341 e. The molecular formula is C15H18O4. The van der Waals surface area contributed by atoms with Crippen LogP contribution in [0.1, 0.15) is 47.5 Å². The molecule has 1 aliphatic carbocycles. The number of carbonyl (C=O) groups excluding carboxylic acids is 2. The van der Waals surface area contributed by atoms with Crippen LogP contribution in [0.3, 0.4) is 0 Å². The summed E-state index contributed by atoms with van der Waals surface area (Å²) in [4.78, 5) is 23.3. The molecule has 1 aromatic carbocycles. The van der Waals surface area contributed by atoms with Crippen LogP contribution in [-0.4, -0.2) is 26.0 Å². The van der Waals surface area contributed by atoms with E-state index in [1.54, 1.807) is 12.1 Å². The monoisotopic (exact) mass is 262 g/mol. The average molecular weight is 262 g/mol. The molecule has 1 atom stereocenters. The Morgan fingerprint density at radius 1 is 1.32 bits per heavy atom. The molecule has 2 rings (SSSR count). The number of benzene rings is 1. The van der Waals surface area contributed by atoms with E-state index >= 15 is 0 Å². The number of ether oxygens (including phenoxy) is 2. The Balaban J connectivity index is 2.31. The van der Waals surface area contributed by atoms with Crippen molar-refractivity contribution in [2.24, 2.45) is 0 Å². The average Bonchev–Trinajstić information content (AvgIpc) is 2.45. The highest BCUT2D eigenvalue weighted by Crippen LogP contribution is 2.33. The molecule has 1 aromatic rings. The van der Waals surface area contributed by atoms with E-state index in [9.17, 15) is 9.59 Å². The van der Waals surface area contributed by atoms with Crippen LogP contribution in [0.4, 0.5) is 0 Å². The molecule has 0 aliphatic heterocycles. The van der Waals surface area contributed by atoms with Crippen molar-refractivity contribution >= 4 is 11.8 Å². The van der Waals surface area contributed by atoms with Gasteiger partial charge in [0.05, 0.1) is 14.2 Å². The first kappa shape index (κ1) is 13.6. The lowest BCUT2D eigenvalue weighted by molar-refractivity contribution is -0.120. The van der Waals surface area contributed by atoms with Gasteiger partial charge in [-0.3, -0.25) is 4.79 Å². The fourth-order valence-electron chi connectivity index (χ4n) is 2.56. The summed E-state index contributed by atoms with van der Waals surface area (Å²) < 4.78 is 9.92. The lowest BCUT2D eigenvalue weighted by atomic mass is 9.83. The van der Waals surface area contributed by atoms with Crippen molar-refractivity contribution in [2.45, 2.75) is 31.6 Å². The van der Waals surface area contributed by atoms with Crippen LogP contribution in [0.2, 0.25) is 0 Å². The van der Waals surface area contributed by atoms with Crippen molar-refractivity contribution in [1.29, 1.82) is 0 Å². The Kier molecular flexibility index (Phi) is 4.20. The number of methoxy groups -OCH3 is 2. The highest BCUT2D eigenvalue weighted by Gasteiger charge is 2.23. The van der Waals surface area contributed by atoms with E-state index in [-0.39, 0.29) is 5.92 Å². The molecule has 0 bridgehead atoms. The van der Waals surface area contributed by atoms with Gasteiger partial charge in [-0.15, -0.1) is 0 Å². The van der Waals surface area contributed by atoms with Crippen molar-refractivity contribution in [2.75, 3.05) is 14.2 Å². The molecule has 19 heavy (non-hydrogen) atoms. The molecule has 1 unspecified atom stereocenters. The summed E-state index contributed by atoms with van der Waals surface area (Å²) in [7, 11) is 2.87. The minimum Gasteiger partial charge on any atom is -0.496 e. The number of carbonyl (C=O) groups is 2. The van der Waals surface area contributed by atoms with E-state index in [1.165, 1.54) is 14.2 Å². The number of hydrogen-bond donors (Lipinski definition) is 0. The minimum atomic E-state index is -0.416. The molecule has 0 aromatic heterocycles. The zero-order valence-electron chi connectivity index (χ0n) is 11.3. The van der Waals surface area contributed by atoms with Gasteiger partial charge in [-0.25, -0.2) is 4.79 Å². The predicted octanol–water partition coefficient (Wildman–Crippen LogP) is 2.71. The maximum atomic E-state index is 11.7. The van der Waals surface area contributed by atoms with Crippen LogP contribution in [0.5, 0.6) is 5.75 Å². The largest absolute Gasteiger partial charge is 0.496 e. The molecule has 0 saturated heterocycles. The molecule has 4 heteroatoms. The quantitative estimate of drug-likeness (QED) is 0.786. The van der Waals surface area contributed by atoms with Gasteiger partial charge in [-0.1, -0.05) is 6.07 Å². The van der Waals surface area contributed by atoms with Crippen molar-refractivity contribution in [3.63, 3.8) is 0 Å². The molecule has 1 saturated carbocycles. The molecule has 0 spiro atoms. The third kappa shape index (κ3) is 2.95. The van der Waals surface area contributed by atoms with E-state index in [2.05, 4.69) is 0 Å². The summed E-state index contributed by atoms with van der Waals surface area (Å²) >= 11 is 0. The molecule has 1 aliphatic rings. The van der Waals surface area contributed by atoms with Gasteiger partial charge in [0.2, 0.25) is 0 Å². The first-order valence-electron chi connectivity index (χ1n) is 6.43. The third-order valence-electron chi connectivity index (χ3n) is 3.58. The number of ketones is 1. The van der Waals surface area contributed by atoms with Gasteiger partial charge < -0.3 is 9.47 Å². The number of esters is 1. The molecule has 4 nitrogen and oxygen atoms in total. The second-order valence-electron chi connectivity index (χ2n) is 4.78. The molecule has 0 heterocycles. The van der Waals surface area contributed by atoms with E-state index in [0.717, 1.165) is 18.4 Å². The van der Waals surface area contributed by atoms with Gasteiger partial charge in [0, 0.05) is 12.8 Å². The standard InChI is InChI=1S/C15H18O4/c1-18-14-7-6-11(9-13(14)15(17)19-2)10-4-3-5-12(16)8-10/h6-7,9-10H,3-5,8H2,1-2H3. The third-order valence-corrected chi connectivity index (χ3v) is 3.58. The topological polar surface area (TPSA) is 52.6 Å². The first-order valence-corrected chi connectivity index (χ1v) is 6.43. The van der Waals surface area contributed by atoms with Gasteiger partial charge in [0.1, 0.15) is 17.1 Å². The van der Waals surface area contributed by atoms with Crippen LogP contribution in [-0.2, 0) is 9.53 Å². The van der Waals surface area contributed by atoms with E-state index in [1.807, 2.05) is 6.07 Å². The molecule has 0 radical (unpaired) electrons. The number of rotatable bonds is 3. The van der Waals surface area contributed by atoms with E-state index < -0.39 is 5.97 Å². The van der Waals surface area contributed by atoms with Crippen LogP contribution in [0.15, 0.2) is 18.2 Å². The van der Waals surface area contributed by atoms with Crippen LogP contribution >= 0.6 is 0 Å². The van der Waals surface area contributed by atoms with Crippen molar-refractivity contribution in [3.8, 4) is 5.75 Å². The van der Waals surface area contributed by atoms with E-state index in [0.29, 0.717) is 29.9 Å². The van der Waals surface area contributed by atoms with Crippen molar-refractivity contribution < 1.29 is 19.1 Å². The van der Waals surface area contributed by atoms with Gasteiger partial charge in [-0.05, 0) is 36.5 Å². The van der Waals surface area contributed by atoms with E-state index in [4.69, 9.17) is 9.47 Å². The number of hydrogen-bond acceptors (Lipinski definition) is 4. The summed E-state index contributed by atoms with van der Waals surface area (Å²) in [6, 6.07) is 5.48. The maximum absolute atomic E-state index is 11.7. The van der Waals surface area contributed by atoms with Gasteiger partial charge in [-0.2, -0.15) is 0 Å². The molecule has 1 fully saturated rings. The lowest BCUT2D eigenvalue weighted by Crippen LogP contribution is -2.14. The Morgan fingerprint density at radius 2 is 2.11 bits per heavy atom. The normalized spacial score (nSPS) is 19.1. The fraction of sp³-hybridized carbons (Fsp3) is 0.467. The smallest absolute Gasteiger partial charge is 0.341 e. The summed E-state index contributed by atoms with van der Waals surface area (Å²) in [5.74, 6) is 0.584. The zero-order valence-corrected chi connectivity index (χ0v) is 11.3. The zero-order chi connectivity index (χ0) is 13.8. The summed E-state index contributed by atoms with van der Waals surface area (Å²) in [5, 5.41) is 0. The summed E-state index contributed by atoms with van der Waals surface area (Å²) in [6.07, 6.45) is 3.14. The van der Waals surface area contributed by atoms with Crippen LogP contribution < -0.4 is 4.74 Å². The second-order valence-corrected chi connectivity index (χ2v) is 4.78. The van der Waals surface area contributed by atoms with Gasteiger partial charge in [0.25, 0.3) is 0 Å². The number of Topliss-reactive ketones (excluding diaryl/α,β-unsaturated/α-hetero) is 1. The highest BCUT2D eigenvalue weighted by molar-refractivity contribution is 5.92. The molecular weight excluding hydrogens is 244 g/mol. The predicted molar refractivity (Wildman–Crippen MR) is 70.5 cm³/mol. The Hall–Kier alpha value is -1.84. The fourth-order valence-corrected chi connectivity index (χ4v) is 2.56. The molecule has 102 valence electrons. The summed E-state index contributed by atoms with van der Waals surface area (Å²) in [5.41, 5.74) is 1.43. The van der Waals surface area contributed by atoms with Crippen molar-refractivity contribution in [1.82, 2.24) is 0 Å². The van der Waals surface area contributed by atoms with Crippen LogP contribution in [0, 0.1) is 0 Å². The highest BCUT2D eigenvalue weighted by atomic mass is 16.5. The van der Waals surface area contributed by atoms with Gasteiger partial charge >= 0.3 is 5.97 Å². The Labute approximate surface area is 112 Å². The Morgan fingerprint density at radius 3 is 2.74 bits per heavy atom. The molecule has 0 N–H and O–H groups in total. The molecule has 0 amide bonds. The van der Waals surface area contributed by atoms with Crippen LogP contribution in [0.25, 0.3) is 0 Å². The second kappa shape index (κ2) is 5.87. The van der Waals surface area contributed by atoms with Crippen molar-refractivity contribution in [3.05, 3.63) is 29.3 Å². The SMILES string of the molecule is COC(=O)c1cc(C2CCCC(=O)C2)ccc1OC. The minimum absolute atomic E-state index is 0.204. The lowest BCUT2D eigenvalue weighted by Gasteiger charge is -2.22.